The van der Waals surface area contributed by atoms with Crippen LogP contribution in [0.15, 0.2) is 4.79 Å². The summed E-state index contributed by atoms with van der Waals surface area (Å²) in [4.78, 5) is 26.5. The van der Waals surface area contributed by atoms with Gasteiger partial charge in [0.1, 0.15) is 0 Å². The number of hydrogen-bond donors (Lipinski definition) is 1. The molecule has 1 heterocycles. The Labute approximate surface area is 91.3 Å². The third kappa shape index (κ3) is 1.97. The zero-order chi connectivity index (χ0) is 10.8. The fourth-order valence-corrected chi connectivity index (χ4v) is 2.86. The largest absolute Gasteiger partial charge is 0.465 e. The predicted octanol–water partition coefficient (Wildman–Crippen LogP) is 1.42. The van der Waals surface area contributed by atoms with Crippen LogP contribution in [0.1, 0.15) is 36.3 Å². The number of hydrogen-bond acceptors (Lipinski definition) is 4. The van der Waals surface area contributed by atoms with E-state index in [0.717, 1.165) is 29.8 Å². The number of aryl methyl sites for hydroxylation is 1. The molecule has 0 amide bonds. The van der Waals surface area contributed by atoms with Gasteiger partial charge in [-0.1, -0.05) is 11.3 Å². The lowest BCUT2D eigenvalue weighted by Gasteiger charge is -2.19. The van der Waals surface area contributed by atoms with E-state index in [-0.39, 0.29) is 16.8 Å². The number of aromatic amines is 1. The smallest absolute Gasteiger partial charge is 0.314 e. The van der Waals surface area contributed by atoms with Crippen LogP contribution in [0.3, 0.4) is 0 Å². The zero-order valence-corrected chi connectivity index (χ0v) is 9.36. The molecule has 0 unspecified atom stereocenters. The summed E-state index contributed by atoms with van der Waals surface area (Å²) in [5.74, 6) is -0.472. The molecule has 0 radical (unpaired) electrons. The second kappa shape index (κ2) is 4.18. The van der Waals surface area contributed by atoms with Gasteiger partial charge in [-0.3, -0.25) is 9.59 Å². The number of ether oxygens (including phenoxy) is 1. The Kier molecular flexibility index (Phi) is 2.90. The van der Waals surface area contributed by atoms with E-state index in [1.807, 2.05) is 0 Å². The van der Waals surface area contributed by atoms with Crippen molar-refractivity contribution < 1.29 is 9.53 Å². The Hall–Kier alpha value is -1.10. The second-order valence-electron chi connectivity index (χ2n) is 3.55. The van der Waals surface area contributed by atoms with Gasteiger partial charge < -0.3 is 9.72 Å². The molecule has 0 saturated carbocycles. The van der Waals surface area contributed by atoms with Gasteiger partial charge >= 0.3 is 10.8 Å². The van der Waals surface area contributed by atoms with E-state index in [9.17, 15) is 9.59 Å². The van der Waals surface area contributed by atoms with E-state index >= 15 is 0 Å². The van der Waals surface area contributed by atoms with Crippen molar-refractivity contribution in [1.29, 1.82) is 0 Å². The number of nitrogens with one attached hydrogen (secondary N) is 1. The van der Waals surface area contributed by atoms with Crippen molar-refractivity contribution in [3.8, 4) is 0 Å². The van der Waals surface area contributed by atoms with Crippen LogP contribution in [0.4, 0.5) is 0 Å². The molecule has 2 rings (SSSR count). The minimum Gasteiger partial charge on any atom is -0.465 e. The maximum absolute atomic E-state index is 11.6. The van der Waals surface area contributed by atoms with Crippen molar-refractivity contribution in [2.45, 2.75) is 32.1 Å². The second-order valence-corrected chi connectivity index (χ2v) is 4.62. The Bertz CT molecular complexity index is 421. The van der Waals surface area contributed by atoms with Gasteiger partial charge in [0.05, 0.1) is 12.5 Å². The van der Waals surface area contributed by atoms with Crippen molar-refractivity contribution in [1.82, 2.24) is 4.98 Å². The van der Waals surface area contributed by atoms with E-state index in [1.54, 1.807) is 6.92 Å². The first kappa shape index (κ1) is 10.4. The van der Waals surface area contributed by atoms with Crippen molar-refractivity contribution in [2.24, 2.45) is 0 Å². The molecule has 1 aromatic rings. The quantitative estimate of drug-likeness (QED) is 0.777. The summed E-state index contributed by atoms with van der Waals surface area (Å²) in [6, 6.07) is 0. The molecule has 0 spiro atoms. The average Bonchev–Trinajstić information content (AvgIpc) is 2.57. The molecule has 5 heteroatoms. The highest BCUT2D eigenvalue weighted by Gasteiger charge is 2.29. The molecule has 0 saturated heterocycles. The standard InChI is InChI=1S/C10H13NO3S/c1-2-14-9(12)6-4-3-5-7-8(6)11-10(13)15-7/h6H,2-5H2,1H3,(H,11,13)/t6-/m1/s1. The molecule has 0 aromatic carbocycles. The Morgan fingerprint density at radius 2 is 2.47 bits per heavy atom. The summed E-state index contributed by atoms with van der Waals surface area (Å²) in [5.41, 5.74) is 0.787. The Morgan fingerprint density at radius 1 is 1.67 bits per heavy atom. The number of aromatic nitrogens is 1. The van der Waals surface area contributed by atoms with Gasteiger partial charge in [0.15, 0.2) is 0 Å². The fraction of sp³-hybridized carbons (Fsp3) is 0.600. The Morgan fingerprint density at radius 3 is 3.20 bits per heavy atom. The number of carbonyl (C=O) groups excluding carboxylic acids is 1. The first-order valence-electron chi connectivity index (χ1n) is 5.11. The molecule has 1 N–H and O–H groups in total. The maximum atomic E-state index is 11.6. The lowest BCUT2D eigenvalue weighted by molar-refractivity contribution is -0.145. The van der Waals surface area contributed by atoms with Crippen molar-refractivity contribution in [3.05, 3.63) is 20.2 Å². The molecular formula is C10H13NO3S. The van der Waals surface area contributed by atoms with Gasteiger partial charge in [0.2, 0.25) is 0 Å². The summed E-state index contributed by atoms with van der Waals surface area (Å²) in [7, 11) is 0. The van der Waals surface area contributed by atoms with Crippen LogP contribution in [-0.2, 0) is 16.0 Å². The summed E-state index contributed by atoms with van der Waals surface area (Å²) in [6.45, 7) is 2.18. The highest BCUT2D eigenvalue weighted by atomic mass is 32.1. The Balaban J connectivity index is 2.29. The average molecular weight is 227 g/mol. The minimum absolute atomic E-state index is 0.0730. The van der Waals surface area contributed by atoms with E-state index in [0.29, 0.717) is 6.61 Å². The minimum atomic E-state index is -0.257. The SMILES string of the molecule is CCOC(=O)[C@@H]1CCCc2sc(=O)[nH]c21. The fourth-order valence-electron chi connectivity index (χ4n) is 1.93. The zero-order valence-electron chi connectivity index (χ0n) is 8.54. The lowest BCUT2D eigenvalue weighted by Crippen LogP contribution is -2.21. The monoisotopic (exact) mass is 227 g/mol. The highest BCUT2D eigenvalue weighted by Crippen LogP contribution is 2.32. The number of esters is 1. The molecule has 15 heavy (non-hydrogen) atoms. The molecule has 1 aromatic heterocycles. The van der Waals surface area contributed by atoms with E-state index in [1.165, 1.54) is 11.3 Å². The maximum Gasteiger partial charge on any atom is 0.314 e. The molecule has 82 valence electrons. The van der Waals surface area contributed by atoms with Gasteiger partial charge in [0.25, 0.3) is 0 Å². The van der Waals surface area contributed by atoms with Crippen LogP contribution < -0.4 is 4.87 Å². The molecule has 0 fully saturated rings. The van der Waals surface area contributed by atoms with Gasteiger partial charge in [-0.05, 0) is 26.2 Å². The first-order chi connectivity index (χ1) is 7.22. The van der Waals surface area contributed by atoms with Gasteiger partial charge in [-0.15, -0.1) is 0 Å². The van der Waals surface area contributed by atoms with Crippen LogP contribution in [-0.4, -0.2) is 17.6 Å². The molecule has 1 aliphatic rings. The number of carbonyl (C=O) groups is 1. The van der Waals surface area contributed by atoms with Crippen LogP contribution in [0, 0.1) is 0 Å². The summed E-state index contributed by atoms with van der Waals surface area (Å²) in [5, 5.41) is 0. The number of fused-ring (bicyclic) bond motifs is 1. The molecule has 0 bridgehead atoms. The highest BCUT2D eigenvalue weighted by molar-refractivity contribution is 7.09. The third-order valence-corrected chi connectivity index (χ3v) is 3.53. The van der Waals surface area contributed by atoms with Crippen molar-refractivity contribution >= 4 is 17.3 Å². The van der Waals surface area contributed by atoms with Crippen LogP contribution in [0.2, 0.25) is 0 Å². The summed E-state index contributed by atoms with van der Waals surface area (Å²) in [6.07, 6.45) is 2.62. The summed E-state index contributed by atoms with van der Waals surface area (Å²) < 4.78 is 4.99. The third-order valence-electron chi connectivity index (χ3n) is 2.57. The van der Waals surface area contributed by atoms with Crippen LogP contribution in [0.25, 0.3) is 0 Å². The molecule has 1 aliphatic carbocycles. The van der Waals surface area contributed by atoms with E-state index in [2.05, 4.69) is 4.98 Å². The van der Waals surface area contributed by atoms with Crippen LogP contribution >= 0.6 is 11.3 Å². The number of H-pyrrole nitrogens is 1. The van der Waals surface area contributed by atoms with Crippen LogP contribution in [0.5, 0.6) is 0 Å². The normalized spacial score (nSPS) is 19.7. The molecule has 4 nitrogen and oxygen atoms in total. The predicted molar refractivity (Wildman–Crippen MR) is 57.3 cm³/mol. The van der Waals surface area contributed by atoms with E-state index in [4.69, 9.17) is 4.74 Å². The molecular weight excluding hydrogens is 214 g/mol. The van der Waals surface area contributed by atoms with Crippen molar-refractivity contribution in [3.63, 3.8) is 0 Å². The topological polar surface area (TPSA) is 59.2 Å². The lowest BCUT2D eigenvalue weighted by atomic mass is 9.91. The van der Waals surface area contributed by atoms with E-state index < -0.39 is 0 Å². The number of rotatable bonds is 2. The van der Waals surface area contributed by atoms with Crippen molar-refractivity contribution in [2.75, 3.05) is 6.61 Å². The first-order valence-corrected chi connectivity index (χ1v) is 5.92. The van der Waals surface area contributed by atoms with Gasteiger partial charge in [-0.2, -0.15) is 0 Å². The molecule has 1 atom stereocenters. The number of thiazole rings is 1. The van der Waals surface area contributed by atoms with Gasteiger partial charge in [-0.25, -0.2) is 0 Å². The molecule has 0 aliphatic heterocycles. The van der Waals surface area contributed by atoms with Gasteiger partial charge in [0, 0.05) is 10.6 Å². The summed E-state index contributed by atoms with van der Waals surface area (Å²) >= 11 is 1.21.